The topological polar surface area (TPSA) is 83.8 Å². The number of nitrogens with zero attached hydrogens (tertiary/aromatic N) is 1. The lowest BCUT2D eigenvalue weighted by atomic mass is 9.86. The molecule has 0 bridgehead atoms. The first-order valence-electron chi connectivity index (χ1n) is 5.78. The zero-order valence-corrected chi connectivity index (χ0v) is 9.28. The highest BCUT2D eigenvalue weighted by atomic mass is 16.1. The second-order valence-electron chi connectivity index (χ2n) is 4.47. The number of H-pyrrole nitrogens is 1. The van der Waals surface area contributed by atoms with Crippen molar-refractivity contribution in [2.75, 3.05) is 11.9 Å². The average molecular weight is 222 g/mol. The predicted molar refractivity (Wildman–Crippen MR) is 63.3 cm³/mol. The van der Waals surface area contributed by atoms with Crippen LogP contribution < -0.4 is 16.6 Å². The van der Waals surface area contributed by atoms with Crippen LogP contribution in [0.15, 0.2) is 17.2 Å². The summed E-state index contributed by atoms with van der Waals surface area (Å²) in [5, 5.41) is 3.19. The van der Waals surface area contributed by atoms with Gasteiger partial charge < -0.3 is 16.0 Å². The second kappa shape index (κ2) is 5.12. The van der Waals surface area contributed by atoms with E-state index < -0.39 is 0 Å². The van der Waals surface area contributed by atoms with Crippen molar-refractivity contribution in [1.29, 1.82) is 0 Å². The molecular weight excluding hydrogens is 204 g/mol. The molecule has 1 saturated carbocycles. The van der Waals surface area contributed by atoms with Gasteiger partial charge in [-0.15, -0.1) is 0 Å². The van der Waals surface area contributed by atoms with E-state index in [0.717, 1.165) is 19.4 Å². The van der Waals surface area contributed by atoms with Crippen LogP contribution in [0.2, 0.25) is 0 Å². The summed E-state index contributed by atoms with van der Waals surface area (Å²) < 4.78 is 0. The molecule has 1 heterocycles. The smallest absolute Gasteiger partial charge is 0.252 e. The van der Waals surface area contributed by atoms with E-state index in [0.29, 0.717) is 17.8 Å². The summed E-state index contributed by atoms with van der Waals surface area (Å²) in [6.45, 7) is 0.851. The molecule has 5 nitrogen and oxygen atoms in total. The molecule has 0 aromatic carbocycles. The molecule has 5 heteroatoms. The van der Waals surface area contributed by atoms with Gasteiger partial charge >= 0.3 is 0 Å². The number of aromatic nitrogens is 2. The molecule has 0 amide bonds. The molecule has 1 aromatic heterocycles. The molecular formula is C11H18N4O. The van der Waals surface area contributed by atoms with Crippen LogP contribution in [0.25, 0.3) is 0 Å². The summed E-state index contributed by atoms with van der Waals surface area (Å²) in [4.78, 5) is 17.6. The van der Waals surface area contributed by atoms with Gasteiger partial charge in [-0.05, 0) is 25.2 Å². The van der Waals surface area contributed by atoms with E-state index >= 15 is 0 Å². The summed E-state index contributed by atoms with van der Waals surface area (Å²) in [7, 11) is 0. The third kappa shape index (κ3) is 3.06. The summed E-state index contributed by atoms with van der Waals surface area (Å²) >= 11 is 0. The number of nitrogens with two attached hydrogens (primary N) is 1. The molecule has 1 aliphatic rings. The Morgan fingerprint density at radius 1 is 1.56 bits per heavy atom. The third-order valence-electron chi connectivity index (χ3n) is 3.07. The molecule has 88 valence electrons. The Morgan fingerprint density at radius 3 is 3.19 bits per heavy atom. The molecule has 1 fully saturated rings. The minimum atomic E-state index is -0.127. The summed E-state index contributed by atoms with van der Waals surface area (Å²) in [5.41, 5.74) is 5.79. The van der Waals surface area contributed by atoms with Crippen molar-refractivity contribution in [3.05, 3.63) is 22.7 Å². The van der Waals surface area contributed by atoms with Gasteiger partial charge in [-0.25, -0.2) is 4.98 Å². The van der Waals surface area contributed by atoms with Gasteiger partial charge in [0.25, 0.3) is 5.56 Å². The van der Waals surface area contributed by atoms with Gasteiger partial charge in [0.2, 0.25) is 0 Å². The highest BCUT2D eigenvalue weighted by Crippen LogP contribution is 2.22. The fourth-order valence-corrected chi connectivity index (χ4v) is 2.23. The lowest BCUT2D eigenvalue weighted by Crippen LogP contribution is -2.31. The summed E-state index contributed by atoms with van der Waals surface area (Å²) in [6, 6.07) is 1.82. The number of anilines is 1. The minimum Gasteiger partial charge on any atom is -0.370 e. The van der Waals surface area contributed by atoms with Crippen molar-refractivity contribution in [2.24, 2.45) is 11.7 Å². The highest BCUT2D eigenvalue weighted by Gasteiger charge is 2.18. The van der Waals surface area contributed by atoms with E-state index in [1.807, 2.05) is 0 Å². The predicted octanol–water partition coefficient (Wildman–Crippen LogP) is 0.699. The monoisotopic (exact) mass is 222 g/mol. The molecule has 2 rings (SSSR count). The number of hydrogen-bond acceptors (Lipinski definition) is 4. The zero-order chi connectivity index (χ0) is 11.4. The normalized spacial score (nSPS) is 25.3. The van der Waals surface area contributed by atoms with Crippen molar-refractivity contribution < 1.29 is 0 Å². The van der Waals surface area contributed by atoms with Crippen molar-refractivity contribution in [1.82, 2.24) is 9.97 Å². The van der Waals surface area contributed by atoms with Gasteiger partial charge in [-0.2, -0.15) is 0 Å². The van der Waals surface area contributed by atoms with E-state index in [4.69, 9.17) is 5.73 Å². The Labute approximate surface area is 94.5 Å². The van der Waals surface area contributed by atoms with Crippen LogP contribution in [0, 0.1) is 5.92 Å². The lowest BCUT2D eigenvalue weighted by molar-refractivity contribution is 0.335. The summed E-state index contributed by atoms with van der Waals surface area (Å²) in [5.74, 6) is 1.24. The van der Waals surface area contributed by atoms with Crippen LogP contribution >= 0.6 is 0 Å². The van der Waals surface area contributed by atoms with Gasteiger partial charge in [0.15, 0.2) is 0 Å². The molecule has 0 radical (unpaired) electrons. The molecule has 1 aliphatic carbocycles. The Kier molecular flexibility index (Phi) is 3.56. The van der Waals surface area contributed by atoms with Crippen LogP contribution in [0.1, 0.15) is 25.7 Å². The first kappa shape index (κ1) is 11.1. The molecule has 0 spiro atoms. The maximum atomic E-state index is 11.0. The maximum Gasteiger partial charge on any atom is 0.252 e. The number of nitrogens with one attached hydrogen (secondary N) is 2. The number of hydrogen-bond donors (Lipinski definition) is 3. The van der Waals surface area contributed by atoms with E-state index in [1.54, 1.807) is 0 Å². The molecule has 16 heavy (non-hydrogen) atoms. The van der Waals surface area contributed by atoms with Crippen molar-refractivity contribution in [2.45, 2.75) is 31.7 Å². The van der Waals surface area contributed by atoms with Crippen molar-refractivity contribution in [3.8, 4) is 0 Å². The van der Waals surface area contributed by atoms with E-state index in [1.165, 1.54) is 25.2 Å². The fraction of sp³-hybridized carbons (Fsp3) is 0.636. The first-order valence-corrected chi connectivity index (χ1v) is 5.78. The minimum absolute atomic E-state index is 0.127. The van der Waals surface area contributed by atoms with Crippen molar-refractivity contribution in [3.63, 3.8) is 0 Å². The fourth-order valence-electron chi connectivity index (χ4n) is 2.23. The largest absolute Gasteiger partial charge is 0.370 e. The molecule has 0 aliphatic heterocycles. The Morgan fingerprint density at radius 2 is 2.44 bits per heavy atom. The van der Waals surface area contributed by atoms with Gasteiger partial charge in [-0.1, -0.05) is 6.42 Å². The third-order valence-corrected chi connectivity index (χ3v) is 3.07. The zero-order valence-electron chi connectivity index (χ0n) is 9.28. The average Bonchev–Trinajstić information content (AvgIpc) is 2.27. The van der Waals surface area contributed by atoms with E-state index in [-0.39, 0.29) is 5.56 Å². The van der Waals surface area contributed by atoms with Crippen LogP contribution in [-0.2, 0) is 0 Å². The van der Waals surface area contributed by atoms with Crippen LogP contribution in [0.4, 0.5) is 5.82 Å². The molecule has 1 aromatic rings. The van der Waals surface area contributed by atoms with Gasteiger partial charge in [0.05, 0.1) is 6.33 Å². The Hall–Kier alpha value is -1.36. The molecule has 4 N–H and O–H groups in total. The van der Waals surface area contributed by atoms with Crippen molar-refractivity contribution >= 4 is 5.82 Å². The summed E-state index contributed by atoms with van der Waals surface area (Å²) in [6.07, 6.45) is 6.04. The Bertz CT molecular complexity index is 390. The molecule has 2 atom stereocenters. The lowest BCUT2D eigenvalue weighted by Gasteiger charge is -2.26. The standard InChI is InChI=1S/C11H18N4O/c12-9-3-1-2-8(4-9)6-13-10-5-11(16)15-7-14-10/h5,7-9H,1-4,6,12H2,(H2,13,14,15,16). The number of aromatic amines is 1. The quantitative estimate of drug-likeness (QED) is 0.703. The van der Waals surface area contributed by atoms with E-state index in [9.17, 15) is 4.79 Å². The van der Waals surface area contributed by atoms with Gasteiger partial charge in [0, 0.05) is 18.7 Å². The SMILES string of the molecule is NC1CCCC(CNc2cc(=O)[nH]cn2)C1. The number of rotatable bonds is 3. The second-order valence-corrected chi connectivity index (χ2v) is 4.47. The Balaban J connectivity index is 1.85. The maximum absolute atomic E-state index is 11.0. The van der Waals surface area contributed by atoms with Crippen LogP contribution in [-0.4, -0.2) is 22.6 Å². The van der Waals surface area contributed by atoms with Gasteiger partial charge in [-0.3, -0.25) is 4.79 Å². The highest BCUT2D eigenvalue weighted by molar-refractivity contribution is 5.31. The van der Waals surface area contributed by atoms with Crippen LogP contribution in [0.3, 0.4) is 0 Å². The molecule has 0 saturated heterocycles. The van der Waals surface area contributed by atoms with Gasteiger partial charge in [0.1, 0.15) is 5.82 Å². The van der Waals surface area contributed by atoms with E-state index in [2.05, 4.69) is 15.3 Å². The first-order chi connectivity index (χ1) is 7.74. The molecule has 2 unspecified atom stereocenters. The van der Waals surface area contributed by atoms with Crippen LogP contribution in [0.5, 0.6) is 0 Å².